The van der Waals surface area contributed by atoms with Gasteiger partial charge in [-0.3, -0.25) is 9.59 Å². The fraction of sp³-hybridized carbons (Fsp3) is 0.500. The number of para-hydroxylation sites is 1. The standard InChI is InChI=1S/C20H25N3O4/c1-15(19(25)22-13-7-2-3-8-14-22)27-20(26)17-11-12-18(24)23(21-17)16-9-5-4-6-10-16/h4-6,9-10,15H,2-3,7-8,11-14H2,1H3/t15-/m0/s1. The third kappa shape index (κ3) is 4.72. The topological polar surface area (TPSA) is 79.3 Å². The highest BCUT2D eigenvalue weighted by atomic mass is 16.5. The Hall–Kier alpha value is -2.70. The summed E-state index contributed by atoms with van der Waals surface area (Å²) in [7, 11) is 0. The normalized spacial score (nSPS) is 19.1. The molecule has 2 heterocycles. The first-order chi connectivity index (χ1) is 13.1. The van der Waals surface area contributed by atoms with Crippen LogP contribution in [0.2, 0.25) is 0 Å². The van der Waals surface area contributed by atoms with Crippen molar-refractivity contribution in [2.75, 3.05) is 18.1 Å². The lowest BCUT2D eigenvalue weighted by molar-refractivity contribution is -0.154. The quantitative estimate of drug-likeness (QED) is 0.762. The summed E-state index contributed by atoms with van der Waals surface area (Å²) >= 11 is 0. The van der Waals surface area contributed by atoms with E-state index in [1.54, 1.807) is 36.1 Å². The van der Waals surface area contributed by atoms with Crippen LogP contribution in [0.25, 0.3) is 0 Å². The number of likely N-dealkylation sites (tertiary alicyclic amines) is 1. The van der Waals surface area contributed by atoms with Crippen LogP contribution in [0, 0.1) is 0 Å². The van der Waals surface area contributed by atoms with Crippen LogP contribution < -0.4 is 5.01 Å². The Morgan fingerprint density at radius 2 is 1.70 bits per heavy atom. The molecule has 0 N–H and O–H groups in total. The zero-order valence-electron chi connectivity index (χ0n) is 15.6. The Morgan fingerprint density at radius 1 is 1.04 bits per heavy atom. The second kappa shape index (κ2) is 8.79. The number of ether oxygens (including phenoxy) is 1. The first kappa shape index (κ1) is 19.1. The van der Waals surface area contributed by atoms with Crippen LogP contribution in [0.3, 0.4) is 0 Å². The first-order valence-electron chi connectivity index (χ1n) is 9.51. The lowest BCUT2D eigenvalue weighted by Gasteiger charge is -2.25. The molecule has 0 unspecified atom stereocenters. The first-order valence-corrected chi connectivity index (χ1v) is 9.51. The van der Waals surface area contributed by atoms with Crippen molar-refractivity contribution in [1.82, 2.24) is 4.90 Å². The SMILES string of the molecule is C[C@H](OC(=O)C1=NN(c2ccccc2)C(=O)CC1)C(=O)N1CCCCCC1. The van der Waals surface area contributed by atoms with E-state index in [2.05, 4.69) is 5.10 Å². The van der Waals surface area contributed by atoms with Gasteiger partial charge >= 0.3 is 5.97 Å². The van der Waals surface area contributed by atoms with Gasteiger partial charge in [0.15, 0.2) is 6.10 Å². The van der Waals surface area contributed by atoms with Crippen molar-refractivity contribution in [3.63, 3.8) is 0 Å². The second-order valence-corrected chi connectivity index (χ2v) is 6.87. The molecule has 1 aromatic carbocycles. The van der Waals surface area contributed by atoms with Crippen LogP contribution in [0.1, 0.15) is 45.4 Å². The molecule has 1 saturated heterocycles. The molecular weight excluding hydrogens is 346 g/mol. The molecule has 27 heavy (non-hydrogen) atoms. The molecule has 3 rings (SSSR count). The number of hydrogen-bond donors (Lipinski definition) is 0. The third-order valence-electron chi connectivity index (χ3n) is 4.82. The molecule has 0 aromatic heterocycles. The lowest BCUT2D eigenvalue weighted by Crippen LogP contribution is -2.42. The fourth-order valence-corrected chi connectivity index (χ4v) is 3.30. The highest BCUT2D eigenvalue weighted by Gasteiger charge is 2.30. The molecule has 1 fully saturated rings. The van der Waals surface area contributed by atoms with Crippen molar-refractivity contribution in [3.8, 4) is 0 Å². The van der Waals surface area contributed by atoms with Gasteiger partial charge in [-0.2, -0.15) is 5.10 Å². The van der Waals surface area contributed by atoms with Gasteiger partial charge in [0, 0.05) is 25.9 Å². The molecule has 0 aliphatic carbocycles. The van der Waals surface area contributed by atoms with Gasteiger partial charge in [0.05, 0.1) is 5.69 Å². The minimum atomic E-state index is -0.860. The third-order valence-corrected chi connectivity index (χ3v) is 4.82. The number of hydrogen-bond acceptors (Lipinski definition) is 5. The predicted molar refractivity (Wildman–Crippen MR) is 101 cm³/mol. The maximum atomic E-state index is 12.6. The maximum absolute atomic E-state index is 12.6. The summed E-state index contributed by atoms with van der Waals surface area (Å²) in [5.41, 5.74) is 0.759. The van der Waals surface area contributed by atoms with Gasteiger partial charge < -0.3 is 9.64 Å². The van der Waals surface area contributed by atoms with E-state index in [1.807, 2.05) is 6.07 Å². The van der Waals surface area contributed by atoms with Crippen molar-refractivity contribution in [2.24, 2.45) is 5.10 Å². The molecular formula is C20H25N3O4. The van der Waals surface area contributed by atoms with Crippen LogP contribution in [-0.4, -0.2) is 47.6 Å². The summed E-state index contributed by atoms with van der Waals surface area (Å²) < 4.78 is 5.37. The van der Waals surface area contributed by atoms with Crippen molar-refractivity contribution in [2.45, 2.75) is 51.6 Å². The second-order valence-electron chi connectivity index (χ2n) is 6.87. The van der Waals surface area contributed by atoms with Gasteiger partial charge in [0.1, 0.15) is 5.71 Å². The molecule has 0 spiro atoms. The van der Waals surface area contributed by atoms with E-state index in [0.717, 1.165) is 25.7 Å². The van der Waals surface area contributed by atoms with E-state index in [-0.39, 0.29) is 30.4 Å². The van der Waals surface area contributed by atoms with E-state index in [9.17, 15) is 14.4 Å². The molecule has 2 aliphatic heterocycles. The Morgan fingerprint density at radius 3 is 2.37 bits per heavy atom. The van der Waals surface area contributed by atoms with Crippen LogP contribution in [0.4, 0.5) is 5.69 Å². The summed E-state index contributed by atoms with van der Waals surface area (Å²) in [6, 6.07) is 8.94. The number of rotatable bonds is 4. The molecule has 2 aliphatic rings. The zero-order valence-corrected chi connectivity index (χ0v) is 15.6. The minimum absolute atomic E-state index is 0.161. The summed E-state index contributed by atoms with van der Waals surface area (Å²) in [6.45, 7) is 3.00. The zero-order chi connectivity index (χ0) is 19.2. The molecule has 0 radical (unpaired) electrons. The lowest BCUT2D eigenvalue weighted by atomic mass is 10.1. The molecule has 0 saturated carbocycles. The van der Waals surface area contributed by atoms with Gasteiger partial charge in [-0.05, 0) is 31.9 Å². The Labute approximate surface area is 159 Å². The van der Waals surface area contributed by atoms with Crippen LogP contribution >= 0.6 is 0 Å². The van der Waals surface area contributed by atoms with Gasteiger partial charge in [-0.15, -0.1) is 0 Å². The Balaban J connectivity index is 1.65. The number of hydrazone groups is 1. The molecule has 1 aromatic rings. The smallest absolute Gasteiger partial charge is 0.355 e. The van der Waals surface area contributed by atoms with E-state index in [1.165, 1.54) is 5.01 Å². The maximum Gasteiger partial charge on any atom is 0.355 e. The predicted octanol–water partition coefficient (Wildman–Crippen LogP) is 2.50. The van der Waals surface area contributed by atoms with E-state index in [0.29, 0.717) is 18.8 Å². The molecule has 2 amide bonds. The number of carbonyl (C=O) groups excluding carboxylic acids is 3. The van der Waals surface area contributed by atoms with E-state index >= 15 is 0 Å². The largest absolute Gasteiger partial charge is 0.448 e. The molecule has 7 heteroatoms. The summed E-state index contributed by atoms with van der Waals surface area (Å²) in [5.74, 6) is -0.983. The average molecular weight is 371 g/mol. The van der Waals surface area contributed by atoms with E-state index in [4.69, 9.17) is 4.74 Å². The number of nitrogens with zero attached hydrogens (tertiary/aromatic N) is 3. The minimum Gasteiger partial charge on any atom is -0.448 e. The fourth-order valence-electron chi connectivity index (χ4n) is 3.30. The summed E-state index contributed by atoms with van der Waals surface area (Å²) in [4.78, 5) is 38.9. The number of benzene rings is 1. The Bertz CT molecular complexity index is 724. The van der Waals surface area contributed by atoms with Crippen molar-refractivity contribution in [1.29, 1.82) is 0 Å². The van der Waals surface area contributed by atoms with Crippen molar-refractivity contribution in [3.05, 3.63) is 30.3 Å². The highest BCUT2D eigenvalue weighted by Crippen LogP contribution is 2.20. The molecule has 7 nitrogen and oxygen atoms in total. The summed E-state index contributed by atoms with van der Waals surface area (Å²) in [5, 5.41) is 5.40. The Kier molecular flexibility index (Phi) is 6.21. The van der Waals surface area contributed by atoms with Crippen LogP contribution in [-0.2, 0) is 19.1 Å². The van der Waals surface area contributed by atoms with Crippen LogP contribution in [0.5, 0.6) is 0 Å². The van der Waals surface area contributed by atoms with Gasteiger partial charge in [-0.1, -0.05) is 31.0 Å². The highest BCUT2D eigenvalue weighted by molar-refractivity contribution is 6.38. The number of carbonyl (C=O) groups is 3. The van der Waals surface area contributed by atoms with Crippen LogP contribution in [0.15, 0.2) is 35.4 Å². The van der Waals surface area contributed by atoms with E-state index < -0.39 is 12.1 Å². The average Bonchev–Trinajstić information content (AvgIpc) is 2.97. The number of amides is 2. The van der Waals surface area contributed by atoms with Gasteiger partial charge in [-0.25, -0.2) is 9.80 Å². The van der Waals surface area contributed by atoms with Gasteiger partial charge in [0.25, 0.3) is 5.91 Å². The number of anilines is 1. The van der Waals surface area contributed by atoms with Crippen molar-refractivity contribution < 1.29 is 19.1 Å². The molecule has 0 bridgehead atoms. The van der Waals surface area contributed by atoms with Crippen molar-refractivity contribution >= 4 is 29.2 Å². The molecule has 1 atom stereocenters. The molecule has 144 valence electrons. The number of esters is 1. The monoisotopic (exact) mass is 371 g/mol. The van der Waals surface area contributed by atoms with Gasteiger partial charge in [0.2, 0.25) is 5.91 Å². The summed E-state index contributed by atoms with van der Waals surface area (Å²) in [6.07, 6.45) is 3.74.